The van der Waals surface area contributed by atoms with E-state index in [1.165, 1.54) is 10.7 Å². The second-order valence-corrected chi connectivity index (χ2v) is 3.78. The molecule has 1 aromatic carbocycles. The molecular weight excluding hydrogens is 219 g/mol. The number of aromatic nitrogens is 3. The minimum Gasteiger partial charge on any atom is -0.311 e. The van der Waals surface area contributed by atoms with Crippen LogP contribution in [0.4, 0.5) is 4.39 Å². The van der Waals surface area contributed by atoms with Crippen molar-refractivity contribution in [2.75, 3.05) is 6.54 Å². The van der Waals surface area contributed by atoms with Crippen LogP contribution < -0.4 is 5.32 Å². The van der Waals surface area contributed by atoms with Crippen LogP contribution in [0.15, 0.2) is 30.5 Å². The molecule has 1 aromatic heterocycles. The van der Waals surface area contributed by atoms with Crippen LogP contribution in [0.3, 0.4) is 0 Å². The average molecular weight is 234 g/mol. The summed E-state index contributed by atoms with van der Waals surface area (Å²) in [6.07, 6.45) is 2.81. The molecule has 4 nitrogen and oxygen atoms in total. The molecule has 0 radical (unpaired) electrons. The molecule has 0 bridgehead atoms. The lowest BCUT2D eigenvalue weighted by Gasteiger charge is -2.00. The number of halogens is 1. The van der Waals surface area contributed by atoms with Crippen LogP contribution in [0, 0.1) is 5.82 Å². The maximum Gasteiger partial charge on any atom is 0.148 e. The largest absolute Gasteiger partial charge is 0.311 e. The van der Waals surface area contributed by atoms with Crippen LogP contribution in [0.25, 0.3) is 5.69 Å². The Labute approximate surface area is 99.5 Å². The van der Waals surface area contributed by atoms with E-state index in [1.807, 2.05) is 0 Å². The fourth-order valence-electron chi connectivity index (χ4n) is 1.53. The van der Waals surface area contributed by atoms with E-state index in [9.17, 15) is 4.39 Å². The minimum absolute atomic E-state index is 0.300. The molecule has 0 unspecified atom stereocenters. The van der Waals surface area contributed by atoms with Gasteiger partial charge in [0.1, 0.15) is 11.5 Å². The fraction of sp³-hybridized carbons (Fsp3) is 0.333. The summed E-state index contributed by atoms with van der Waals surface area (Å²) in [5.74, 6) is -0.300. The Morgan fingerprint density at radius 3 is 2.94 bits per heavy atom. The molecule has 0 aliphatic carbocycles. The Morgan fingerprint density at radius 2 is 2.18 bits per heavy atom. The van der Waals surface area contributed by atoms with E-state index in [4.69, 9.17) is 0 Å². The number of nitrogens with zero attached hydrogens (tertiary/aromatic N) is 3. The summed E-state index contributed by atoms with van der Waals surface area (Å²) in [5.41, 5.74) is 1.23. The van der Waals surface area contributed by atoms with Gasteiger partial charge in [-0.15, -0.1) is 5.10 Å². The third kappa shape index (κ3) is 2.88. The highest BCUT2D eigenvalue weighted by atomic mass is 19.1. The lowest BCUT2D eigenvalue weighted by atomic mass is 10.3. The van der Waals surface area contributed by atoms with Gasteiger partial charge < -0.3 is 5.32 Å². The third-order valence-corrected chi connectivity index (χ3v) is 2.37. The van der Waals surface area contributed by atoms with Gasteiger partial charge in [0.05, 0.1) is 11.9 Å². The van der Waals surface area contributed by atoms with Gasteiger partial charge in [0.25, 0.3) is 0 Å². The quantitative estimate of drug-likeness (QED) is 0.803. The molecule has 0 aliphatic heterocycles. The van der Waals surface area contributed by atoms with Crippen molar-refractivity contribution in [1.29, 1.82) is 0 Å². The van der Waals surface area contributed by atoms with Crippen molar-refractivity contribution in [3.63, 3.8) is 0 Å². The molecule has 2 aromatic rings. The summed E-state index contributed by atoms with van der Waals surface area (Å²) < 4.78 is 14.9. The van der Waals surface area contributed by atoms with Crippen molar-refractivity contribution in [3.05, 3.63) is 42.0 Å². The third-order valence-electron chi connectivity index (χ3n) is 2.37. The SMILES string of the molecule is CCCNCc1cn(-c2ccccc2F)nn1. The van der Waals surface area contributed by atoms with Gasteiger partial charge in [-0.2, -0.15) is 0 Å². The van der Waals surface area contributed by atoms with Crippen LogP contribution in [0.1, 0.15) is 19.0 Å². The summed E-state index contributed by atoms with van der Waals surface area (Å²) in [7, 11) is 0. The van der Waals surface area contributed by atoms with Crippen LogP contribution >= 0.6 is 0 Å². The van der Waals surface area contributed by atoms with Gasteiger partial charge in [-0.3, -0.25) is 0 Å². The Morgan fingerprint density at radius 1 is 1.35 bits per heavy atom. The first kappa shape index (κ1) is 11.7. The van der Waals surface area contributed by atoms with Gasteiger partial charge in [-0.1, -0.05) is 24.3 Å². The maximum absolute atomic E-state index is 13.5. The van der Waals surface area contributed by atoms with Gasteiger partial charge in [0.15, 0.2) is 0 Å². The molecule has 1 N–H and O–H groups in total. The zero-order chi connectivity index (χ0) is 12.1. The van der Waals surface area contributed by atoms with Gasteiger partial charge >= 0.3 is 0 Å². The highest BCUT2D eigenvalue weighted by Gasteiger charge is 2.06. The Bertz CT molecular complexity index is 481. The first-order valence-corrected chi connectivity index (χ1v) is 5.68. The topological polar surface area (TPSA) is 42.7 Å². The minimum atomic E-state index is -0.300. The molecule has 2 rings (SSSR count). The smallest absolute Gasteiger partial charge is 0.148 e. The average Bonchev–Trinajstić information content (AvgIpc) is 2.79. The summed E-state index contributed by atoms with van der Waals surface area (Å²) in [6, 6.07) is 6.51. The summed E-state index contributed by atoms with van der Waals surface area (Å²) >= 11 is 0. The molecule has 5 heteroatoms. The Hall–Kier alpha value is -1.75. The second kappa shape index (κ2) is 5.54. The van der Waals surface area contributed by atoms with E-state index < -0.39 is 0 Å². The molecular formula is C12H15FN4. The van der Waals surface area contributed by atoms with Crippen molar-refractivity contribution < 1.29 is 4.39 Å². The lowest BCUT2D eigenvalue weighted by molar-refractivity contribution is 0.607. The first-order chi connectivity index (χ1) is 8.31. The second-order valence-electron chi connectivity index (χ2n) is 3.78. The van der Waals surface area contributed by atoms with E-state index in [2.05, 4.69) is 22.6 Å². The van der Waals surface area contributed by atoms with E-state index in [-0.39, 0.29) is 5.82 Å². The summed E-state index contributed by atoms with van der Waals surface area (Å²) in [5, 5.41) is 11.1. The lowest BCUT2D eigenvalue weighted by Crippen LogP contribution is -2.13. The molecule has 17 heavy (non-hydrogen) atoms. The van der Waals surface area contributed by atoms with Gasteiger partial charge in [0.2, 0.25) is 0 Å². The summed E-state index contributed by atoms with van der Waals surface area (Å²) in [6.45, 7) is 3.69. The van der Waals surface area contributed by atoms with E-state index in [1.54, 1.807) is 24.4 Å². The molecule has 1 heterocycles. The number of nitrogens with one attached hydrogen (secondary N) is 1. The monoisotopic (exact) mass is 234 g/mol. The first-order valence-electron chi connectivity index (χ1n) is 5.68. The van der Waals surface area contributed by atoms with E-state index in [0.717, 1.165) is 18.7 Å². The fourth-order valence-corrected chi connectivity index (χ4v) is 1.53. The Kier molecular flexibility index (Phi) is 3.82. The molecule has 0 saturated carbocycles. The zero-order valence-corrected chi connectivity index (χ0v) is 9.73. The normalized spacial score (nSPS) is 10.7. The molecule has 0 aliphatic rings. The number of para-hydroxylation sites is 1. The van der Waals surface area contributed by atoms with Crippen LogP contribution in [0.5, 0.6) is 0 Å². The molecule has 0 saturated heterocycles. The van der Waals surface area contributed by atoms with Crippen LogP contribution in [-0.4, -0.2) is 21.5 Å². The van der Waals surface area contributed by atoms with Gasteiger partial charge in [-0.25, -0.2) is 9.07 Å². The van der Waals surface area contributed by atoms with Crippen molar-refractivity contribution in [3.8, 4) is 5.69 Å². The molecule has 0 spiro atoms. The highest BCUT2D eigenvalue weighted by molar-refractivity contribution is 5.32. The number of hydrogen-bond acceptors (Lipinski definition) is 3. The number of rotatable bonds is 5. The molecule has 0 atom stereocenters. The van der Waals surface area contributed by atoms with Crippen molar-refractivity contribution >= 4 is 0 Å². The van der Waals surface area contributed by atoms with Gasteiger partial charge in [-0.05, 0) is 25.1 Å². The molecule has 90 valence electrons. The van der Waals surface area contributed by atoms with Crippen molar-refractivity contribution in [1.82, 2.24) is 20.3 Å². The standard InChI is InChI=1S/C12H15FN4/c1-2-7-14-8-10-9-17(16-15-10)12-6-4-3-5-11(12)13/h3-6,9,14H,2,7-8H2,1H3. The number of benzene rings is 1. The van der Waals surface area contributed by atoms with Crippen LogP contribution in [-0.2, 0) is 6.54 Å². The predicted molar refractivity (Wildman–Crippen MR) is 63.3 cm³/mol. The van der Waals surface area contributed by atoms with E-state index >= 15 is 0 Å². The maximum atomic E-state index is 13.5. The van der Waals surface area contributed by atoms with E-state index in [0.29, 0.717) is 12.2 Å². The highest BCUT2D eigenvalue weighted by Crippen LogP contribution is 2.11. The van der Waals surface area contributed by atoms with Crippen molar-refractivity contribution in [2.45, 2.75) is 19.9 Å². The van der Waals surface area contributed by atoms with Crippen molar-refractivity contribution in [2.24, 2.45) is 0 Å². The molecule has 0 amide bonds. The zero-order valence-electron chi connectivity index (χ0n) is 9.73. The van der Waals surface area contributed by atoms with Crippen LogP contribution in [0.2, 0.25) is 0 Å². The summed E-state index contributed by atoms with van der Waals surface area (Å²) in [4.78, 5) is 0. The molecule has 0 fully saturated rings. The predicted octanol–water partition coefficient (Wildman–Crippen LogP) is 1.91. The number of hydrogen-bond donors (Lipinski definition) is 1. The van der Waals surface area contributed by atoms with Gasteiger partial charge in [0, 0.05) is 6.54 Å². The Balaban J connectivity index is 2.10.